The zero-order valence-corrected chi connectivity index (χ0v) is 13.5. The van der Waals surface area contributed by atoms with Crippen molar-refractivity contribution in [2.45, 2.75) is 26.7 Å². The fraction of sp³-hybridized carbons (Fsp3) is 0.500. The number of hydrogen-bond acceptors (Lipinski definition) is 2. The fourth-order valence-corrected chi connectivity index (χ4v) is 2.74. The molecule has 21 heavy (non-hydrogen) atoms. The molecule has 0 bridgehead atoms. The van der Waals surface area contributed by atoms with Crippen LogP contribution in [0.1, 0.15) is 37.0 Å². The van der Waals surface area contributed by atoms with Crippen LogP contribution in [0.25, 0.3) is 0 Å². The first-order valence-electron chi connectivity index (χ1n) is 7.55. The lowest BCUT2D eigenvalue weighted by atomic mass is 9.98. The molecule has 1 aliphatic rings. The summed E-state index contributed by atoms with van der Waals surface area (Å²) in [6, 6.07) is 7.55. The van der Waals surface area contributed by atoms with E-state index in [2.05, 4.69) is 17.6 Å². The average molecular weight is 305 g/mol. The molecule has 0 spiro atoms. The van der Waals surface area contributed by atoms with E-state index in [1.807, 2.05) is 36.1 Å². The lowest BCUT2D eigenvalue weighted by Crippen LogP contribution is -2.38. The van der Waals surface area contributed by atoms with Crippen LogP contribution >= 0.6 is 12.2 Å². The number of rotatable bonds is 3. The number of anilines is 1. The Balaban J connectivity index is 2.11. The van der Waals surface area contributed by atoms with E-state index in [4.69, 9.17) is 12.2 Å². The Morgan fingerprint density at radius 1 is 1.33 bits per heavy atom. The zero-order chi connectivity index (χ0) is 15.2. The molecule has 0 saturated carbocycles. The Labute approximate surface area is 131 Å². The van der Waals surface area contributed by atoms with Crippen LogP contribution in [0.4, 0.5) is 5.69 Å². The number of benzene rings is 1. The van der Waals surface area contributed by atoms with Crippen LogP contribution in [0, 0.1) is 5.92 Å². The summed E-state index contributed by atoms with van der Waals surface area (Å²) in [5, 5.41) is 6.70. The predicted octanol–water partition coefficient (Wildman–Crippen LogP) is 2.87. The first kappa shape index (κ1) is 15.8. The number of carbonyl (C=O) groups excluding carboxylic acids is 1. The number of nitrogens with zero attached hydrogens (tertiary/aromatic N) is 1. The van der Waals surface area contributed by atoms with Gasteiger partial charge in [0.25, 0.3) is 5.91 Å². The summed E-state index contributed by atoms with van der Waals surface area (Å²) in [7, 11) is 0. The third kappa shape index (κ3) is 4.17. The van der Waals surface area contributed by atoms with Crippen molar-refractivity contribution < 1.29 is 4.79 Å². The van der Waals surface area contributed by atoms with Crippen LogP contribution in [0.3, 0.4) is 0 Å². The number of hydrogen-bond donors (Lipinski definition) is 2. The van der Waals surface area contributed by atoms with E-state index in [1.165, 1.54) is 0 Å². The second-order valence-electron chi connectivity index (χ2n) is 5.50. The lowest BCUT2D eigenvalue weighted by Gasteiger charge is -2.31. The van der Waals surface area contributed by atoms with Crippen molar-refractivity contribution in [2.24, 2.45) is 5.92 Å². The molecule has 2 N–H and O–H groups in total. The van der Waals surface area contributed by atoms with Gasteiger partial charge in [-0.2, -0.15) is 0 Å². The molecule has 0 atom stereocenters. The number of nitrogens with one attached hydrogen (secondary N) is 2. The molecule has 114 valence electrons. The van der Waals surface area contributed by atoms with Gasteiger partial charge in [-0.15, -0.1) is 0 Å². The second-order valence-corrected chi connectivity index (χ2v) is 5.91. The Bertz CT molecular complexity index is 510. The van der Waals surface area contributed by atoms with Crippen molar-refractivity contribution in [1.29, 1.82) is 0 Å². The summed E-state index contributed by atoms with van der Waals surface area (Å²) < 4.78 is 0. The van der Waals surface area contributed by atoms with Gasteiger partial charge in [-0.1, -0.05) is 19.1 Å². The highest BCUT2D eigenvalue weighted by atomic mass is 32.1. The minimum atomic E-state index is 0.0873. The topological polar surface area (TPSA) is 44.4 Å². The number of piperidine rings is 1. The van der Waals surface area contributed by atoms with E-state index in [1.54, 1.807) is 0 Å². The number of thiocarbonyl (C=S) groups is 1. The molecule has 1 heterocycles. The molecular weight excluding hydrogens is 282 g/mol. The highest BCUT2D eigenvalue weighted by Crippen LogP contribution is 2.22. The third-order valence-electron chi connectivity index (χ3n) is 3.81. The maximum atomic E-state index is 12.7. The molecule has 1 aliphatic heterocycles. The summed E-state index contributed by atoms with van der Waals surface area (Å²) in [6.07, 6.45) is 2.16. The predicted molar refractivity (Wildman–Crippen MR) is 90.6 cm³/mol. The highest BCUT2D eigenvalue weighted by Gasteiger charge is 2.23. The third-order valence-corrected chi connectivity index (χ3v) is 4.06. The smallest absolute Gasteiger partial charge is 0.255 e. The van der Waals surface area contributed by atoms with E-state index in [0.717, 1.165) is 38.2 Å². The van der Waals surface area contributed by atoms with Crippen molar-refractivity contribution in [3.8, 4) is 0 Å². The summed E-state index contributed by atoms with van der Waals surface area (Å²) in [6.45, 7) is 6.66. The molecule has 1 aromatic carbocycles. The molecule has 1 amide bonds. The highest BCUT2D eigenvalue weighted by molar-refractivity contribution is 7.80. The van der Waals surface area contributed by atoms with E-state index >= 15 is 0 Å². The van der Waals surface area contributed by atoms with Gasteiger partial charge in [0.1, 0.15) is 0 Å². The number of amides is 1. The van der Waals surface area contributed by atoms with Crippen LogP contribution in [0.15, 0.2) is 24.3 Å². The molecule has 2 rings (SSSR count). The number of likely N-dealkylation sites (tertiary alicyclic amines) is 1. The Morgan fingerprint density at radius 2 is 2.00 bits per heavy atom. The summed E-state index contributed by atoms with van der Waals surface area (Å²) in [4.78, 5) is 14.6. The minimum absolute atomic E-state index is 0.0873. The number of para-hydroxylation sites is 1. The van der Waals surface area contributed by atoms with E-state index in [9.17, 15) is 4.79 Å². The molecule has 0 radical (unpaired) electrons. The van der Waals surface area contributed by atoms with Gasteiger partial charge in [-0.25, -0.2) is 0 Å². The van der Waals surface area contributed by atoms with Gasteiger partial charge in [-0.3, -0.25) is 4.79 Å². The summed E-state index contributed by atoms with van der Waals surface area (Å²) in [5.74, 6) is 0.799. The Kier molecular flexibility index (Phi) is 5.56. The van der Waals surface area contributed by atoms with Crippen LogP contribution in [-0.4, -0.2) is 35.6 Å². The van der Waals surface area contributed by atoms with Crippen LogP contribution in [0.5, 0.6) is 0 Å². The van der Waals surface area contributed by atoms with Crippen LogP contribution in [-0.2, 0) is 0 Å². The molecule has 5 heteroatoms. The molecule has 0 unspecified atom stereocenters. The van der Waals surface area contributed by atoms with Gasteiger partial charge in [0.2, 0.25) is 0 Å². The van der Waals surface area contributed by atoms with E-state index in [0.29, 0.717) is 16.6 Å². The largest absolute Gasteiger partial charge is 0.363 e. The van der Waals surface area contributed by atoms with Gasteiger partial charge in [-0.05, 0) is 50.0 Å². The summed E-state index contributed by atoms with van der Waals surface area (Å²) in [5.41, 5.74) is 1.46. The molecular formula is C16H23N3OS. The Hall–Kier alpha value is -1.62. The first-order valence-corrected chi connectivity index (χ1v) is 7.95. The second kappa shape index (κ2) is 7.41. The Morgan fingerprint density at radius 3 is 2.67 bits per heavy atom. The average Bonchev–Trinajstić information content (AvgIpc) is 2.48. The lowest BCUT2D eigenvalue weighted by molar-refractivity contribution is 0.0698. The quantitative estimate of drug-likeness (QED) is 0.843. The molecule has 0 aliphatic carbocycles. The van der Waals surface area contributed by atoms with Gasteiger partial charge >= 0.3 is 0 Å². The molecule has 4 nitrogen and oxygen atoms in total. The SMILES string of the molecule is CCNC(=S)Nc1ccccc1C(=O)N1CCC(C)CC1. The molecule has 1 fully saturated rings. The van der Waals surface area contributed by atoms with E-state index in [-0.39, 0.29) is 5.91 Å². The molecule has 0 aromatic heterocycles. The van der Waals surface area contributed by atoms with Crippen LogP contribution in [0.2, 0.25) is 0 Å². The van der Waals surface area contributed by atoms with E-state index < -0.39 is 0 Å². The van der Waals surface area contributed by atoms with Crippen molar-refractivity contribution in [3.05, 3.63) is 29.8 Å². The van der Waals surface area contributed by atoms with Gasteiger partial charge < -0.3 is 15.5 Å². The van der Waals surface area contributed by atoms with Gasteiger partial charge in [0, 0.05) is 19.6 Å². The maximum absolute atomic E-state index is 12.7. The van der Waals surface area contributed by atoms with Crippen molar-refractivity contribution in [1.82, 2.24) is 10.2 Å². The molecule has 1 saturated heterocycles. The normalized spacial score (nSPS) is 15.6. The monoisotopic (exact) mass is 305 g/mol. The van der Waals surface area contributed by atoms with Gasteiger partial charge in [0.05, 0.1) is 11.3 Å². The van der Waals surface area contributed by atoms with Crippen molar-refractivity contribution in [3.63, 3.8) is 0 Å². The van der Waals surface area contributed by atoms with Crippen molar-refractivity contribution >= 4 is 28.9 Å². The first-order chi connectivity index (χ1) is 10.1. The fourth-order valence-electron chi connectivity index (χ4n) is 2.49. The molecule has 1 aromatic rings. The minimum Gasteiger partial charge on any atom is -0.363 e. The van der Waals surface area contributed by atoms with Crippen molar-refractivity contribution in [2.75, 3.05) is 25.0 Å². The van der Waals surface area contributed by atoms with Gasteiger partial charge in [0.15, 0.2) is 5.11 Å². The standard InChI is InChI=1S/C16H23N3OS/c1-3-17-16(21)18-14-7-5-4-6-13(14)15(20)19-10-8-12(2)9-11-19/h4-7,12H,3,8-11H2,1-2H3,(H2,17,18,21). The maximum Gasteiger partial charge on any atom is 0.255 e. The van der Waals surface area contributed by atoms with Crippen LogP contribution < -0.4 is 10.6 Å². The summed E-state index contributed by atoms with van der Waals surface area (Å²) >= 11 is 5.21. The number of carbonyl (C=O) groups is 1. The zero-order valence-electron chi connectivity index (χ0n) is 12.7.